The normalized spacial score (nSPS) is 13.8. The Morgan fingerprint density at radius 2 is 1.62 bits per heavy atom. The molecule has 0 unspecified atom stereocenters. The molecule has 1 heterocycles. The van der Waals surface area contributed by atoms with Crippen LogP contribution in [0.2, 0.25) is 0 Å². The van der Waals surface area contributed by atoms with Gasteiger partial charge in [-0.15, -0.1) is 0 Å². The second-order valence-corrected chi connectivity index (χ2v) is 7.84. The topological polar surface area (TPSA) is 79.9 Å². The van der Waals surface area contributed by atoms with Gasteiger partial charge in [0, 0.05) is 18.7 Å². The largest absolute Gasteiger partial charge is 0.494 e. The van der Waals surface area contributed by atoms with Crippen LogP contribution >= 0.6 is 0 Å². The average molecular weight is 464 g/mol. The summed E-state index contributed by atoms with van der Waals surface area (Å²) in [7, 11) is 1.39. The van der Waals surface area contributed by atoms with Crippen LogP contribution in [0.1, 0.15) is 10.4 Å². The van der Waals surface area contributed by atoms with Crippen LogP contribution in [0.15, 0.2) is 66.7 Å². The van der Waals surface area contributed by atoms with Crippen LogP contribution < -0.4 is 15.4 Å². The maximum atomic E-state index is 15.3. The van der Waals surface area contributed by atoms with Crippen molar-refractivity contribution in [1.82, 2.24) is 4.90 Å². The van der Waals surface area contributed by atoms with Gasteiger partial charge in [0.15, 0.2) is 5.82 Å². The average Bonchev–Trinajstić information content (AvgIpc) is 2.87. The van der Waals surface area contributed by atoms with Crippen molar-refractivity contribution in [3.63, 3.8) is 0 Å². The Kier molecular flexibility index (Phi) is 7.51. The summed E-state index contributed by atoms with van der Waals surface area (Å²) in [5, 5.41) is 5.17. The van der Waals surface area contributed by atoms with Crippen molar-refractivity contribution < 1.29 is 23.5 Å². The number of anilines is 2. The van der Waals surface area contributed by atoms with Gasteiger partial charge in [0.25, 0.3) is 5.91 Å². The summed E-state index contributed by atoms with van der Waals surface area (Å²) in [5.74, 6) is -1.45. The van der Waals surface area contributed by atoms with E-state index in [0.29, 0.717) is 31.9 Å². The van der Waals surface area contributed by atoms with E-state index >= 15 is 4.39 Å². The minimum Gasteiger partial charge on any atom is -0.494 e. The minimum absolute atomic E-state index is 0.0559. The third kappa shape index (κ3) is 5.59. The van der Waals surface area contributed by atoms with Crippen LogP contribution in [0.3, 0.4) is 0 Å². The molecule has 2 N–H and O–H groups in total. The van der Waals surface area contributed by atoms with Crippen molar-refractivity contribution in [2.75, 3.05) is 50.6 Å². The minimum atomic E-state index is -0.774. The van der Waals surface area contributed by atoms with Crippen molar-refractivity contribution in [2.45, 2.75) is 0 Å². The van der Waals surface area contributed by atoms with Crippen LogP contribution in [-0.4, -0.2) is 56.7 Å². The summed E-state index contributed by atoms with van der Waals surface area (Å²) >= 11 is 0. The maximum Gasteiger partial charge on any atom is 0.255 e. The van der Waals surface area contributed by atoms with Crippen molar-refractivity contribution >= 4 is 23.2 Å². The molecule has 176 valence electrons. The Balaban J connectivity index is 1.47. The van der Waals surface area contributed by atoms with E-state index in [0.717, 1.165) is 11.1 Å². The van der Waals surface area contributed by atoms with E-state index in [2.05, 4.69) is 10.6 Å². The third-order valence-electron chi connectivity index (χ3n) is 5.56. The van der Waals surface area contributed by atoms with Gasteiger partial charge in [0.2, 0.25) is 5.91 Å². The highest BCUT2D eigenvalue weighted by Gasteiger charge is 2.20. The molecule has 34 heavy (non-hydrogen) atoms. The number of morpholine rings is 1. The van der Waals surface area contributed by atoms with Gasteiger partial charge in [-0.3, -0.25) is 14.5 Å². The molecule has 1 aliphatic rings. The zero-order valence-corrected chi connectivity index (χ0v) is 18.8. The number of ether oxygens (including phenoxy) is 2. The van der Waals surface area contributed by atoms with E-state index in [1.807, 2.05) is 47.4 Å². The van der Waals surface area contributed by atoms with Gasteiger partial charge in [-0.2, -0.15) is 0 Å². The molecule has 0 bridgehead atoms. The Labute approximate surface area is 197 Å². The lowest BCUT2D eigenvalue weighted by molar-refractivity contribution is -0.118. The van der Waals surface area contributed by atoms with Gasteiger partial charge in [-0.1, -0.05) is 42.5 Å². The number of benzene rings is 3. The number of nitrogens with zero attached hydrogens (tertiary/aromatic N) is 1. The first-order valence-electron chi connectivity index (χ1n) is 11.0. The van der Waals surface area contributed by atoms with E-state index in [-0.39, 0.29) is 29.6 Å². The molecule has 1 saturated heterocycles. The summed E-state index contributed by atoms with van der Waals surface area (Å²) in [5.41, 5.74) is 2.22. The molecule has 4 rings (SSSR count). The second-order valence-electron chi connectivity index (χ2n) is 7.84. The van der Waals surface area contributed by atoms with Crippen LogP contribution in [0.25, 0.3) is 11.1 Å². The molecule has 3 aromatic rings. The molecular formula is C26H26FN3O4. The van der Waals surface area contributed by atoms with Crippen molar-refractivity contribution in [1.29, 1.82) is 0 Å². The Morgan fingerprint density at radius 3 is 2.29 bits per heavy atom. The van der Waals surface area contributed by atoms with Gasteiger partial charge in [0.05, 0.1) is 32.6 Å². The Morgan fingerprint density at radius 1 is 0.941 bits per heavy atom. The van der Waals surface area contributed by atoms with Gasteiger partial charge in [-0.25, -0.2) is 4.39 Å². The zero-order valence-electron chi connectivity index (χ0n) is 18.8. The molecular weight excluding hydrogens is 437 g/mol. The molecule has 0 saturated carbocycles. The second kappa shape index (κ2) is 10.9. The molecule has 0 aromatic heterocycles. The molecule has 0 radical (unpaired) electrons. The van der Waals surface area contributed by atoms with E-state index in [1.54, 1.807) is 12.1 Å². The van der Waals surface area contributed by atoms with Crippen LogP contribution in [0, 0.1) is 5.82 Å². The number of methoxy groups -OCH3 is 1. The zero-order chi connectivity index (χ0) is 23.9. The fourth-order valence-corrected chi connectivity index (χ4v) is 3.72. The van der Waals surface area contributed by atoms with Gasteiger partial charge >= 0.3 is 0 Å². The fraction of sp³-hybridized carbons (Fsp3) is 0.231. The van der Waals surface area contributed by atoms with Crippen LogP contribution in [0.4, 0.5) is 15.8 Å². The van der Waals surface area contributed by atoms with Crippen LogP contribution in [0.5, 0.6) is 5.75 Å². The summed E-state index contributed by atoms with van der Waals surface area (Å²) in [4.78, 5) is 27.2. The number of nitrogens with one attached hydrogen (secondary N) is 2. The first-order chi connectivity index (χ1) is 16.5. The molecule has 0 spiro atoms. The van der Waals surface area contributed by atoms with E-state index < -0.39 is 11.7 Å². The summed E-state index contributed by atoms with van der Waals surface area (Å²) < 4.78 is 25.8. The predicted octanol–water partition coefficient (Wildman–Crippen LogP) is 4.02. The lowest BCUT2D eigenvalue weighted by atomic mass is 10.0. The summed E-state index contributed by atoms with van der Waals surface area (Å²) in [6.45, 7) is 2.48. The summed E-state index contributed by atoms with van der Waals surface area (Å²) in [6.07, 6.45) is 0. The number of rotatable bonds is 7. The molecule has 1 aliphatic heterocycles. The highest BCUT2D eigenvalue weighted by Crippen LogP contribution is 2.33. The number of hydrogen-bond acceptors (Lipinski definition) is 5. The Bertz CT molecular complexity index is 1150. The van der Waals surface area contributed by atoms with Crippen molar-refractivity contribution in [3.05, 3.63) is 78.1 Å². The van der Waals surface area contributed by atoms with E-state index in [4.69, 9.17) is 9.47 Å². The number of halogens is 1. The number of carbonyl (C=O) groups is 2. The molecule has 1 fully saturated rings. The number of carbonyl (C=O) groups excluding carboxylic acids is 2. The quantitative estimate of drug-likeness (QED) is 0.553. The molecule has 8 heteroatoms. The Hall–Kier alpha value is -3.75. The van der Waals surface area contributed by atoms with Crippen molar-refractivity contribution in [2.24, 2.45) is 0 Å². The fourth-order valence-electron chi connectivity index (χ4n) is 3.72. The molecule has 3 aromatic carbocycles. The molecule has 2 amide bonds. The third-order valence-corrected chi connectivity index (χ3v) is 5.56. The van der Waals surface area contributed by atoms with Gasteiger partial charge in [-0.05, 0) is 35.4 Å². The lowest BCUT2D eigenvalue weighted by Gasteiger charge is -2.26. The number of amides is 2. The predicted molar refractivity (Wildman–Crippen MR) is 129 cm³/mol. The highest BCUT2D eigenvalue weighted by molar-refractivity contribution is 6.05. The van der Waals surface area contributed by atoms with E-state index in [9.17, 15) is 9.59 Å². The SMILES string of the molecule is COc1ccc(NC(=O)c2ccc(-c3ccccc3)cc2)c(F)c1NC(=O)CN1CCOCC1. The van der Waals surface area contributed by atoms with Crippen LogP contribution in [-0.2, 0) is 9.53 Å². The van der Waals surface area contributed by atoms with Crippen molar-refractivity contribution in [3.8, 4) is 16.9 Å². The lowest BCUT2D eigenvalue weighted by Crippen LogP contribution is -2.41. The van der Waals surface area contributed by atoms with Gasteiger partial charge in [0.1, 0.15) is 11.4 Å². The maximum absolute atomic E-state index is 15.3. The molecule has 7 nitrogen and oxygen atoms in total. The summed E-state index contributed by atoms with van der Waals surface area (Å²) in [6, 6.07) is 19.7. The monoisotopic (exact) mass is 463 g/mol. The first kappa shape index (κ1) is 23.4. The first-order valence-corrected chi connectivity index (χ1v) is 11.0. The smallest absolute Gasteiger partial charge is 0.255 e. The standard InChI is InChI=1S/C26H26FN3O4/c1-33-22-12-11-21(24(27)25(22)29-23(31)17-30-13-15-34-16-14-30)28-26(32)20-9-7-19(8-10-20)18-5-3-2-4-6-18/h2-12H,13-17H2,1H3,(H,28,32)(H,29,31). The molecule has 0 atom stereocenters. The highest BCUT2D eigenvalue weighted by atomic mass is 19.1. The molecule has 0 aliphatic carbocycles. The van der Waals surface area contributed by atoms with E-state index in [1.165, 1.54) is 19.2 Å². The van der Waals surface area contributed by atoms with Gasteiger partial charge < -0.3 is 20.1 Å². The number of hydrogen-bond donors (Lipinski definition) is 2.